The van der Waals surface area contributed by atoms with Gasteiger partial charge in [-0.3, -0.25) is 4.79 Å². The Morgan fingerprint density at radius 2 is 1.83 bits per heavy atom. The number of amides is 3. The van der Waals surface area contributed by atoms with Crippen LogP contribution in [0.5, 0.6) is 0 Å². The minimum Gasteiger partial charge on any atom is -0.383 e. The Balaban J connectivity index is 1.82. The van der Waals surface area contributed by atoms with Crippen LogP contribution in [0.1, 0.15) is 32.0 Å². The number of benzene rings is 2. The largest absolute Gasteiger partial charge is 0.383 e. The number of aromatic nitrogens is 2. The van der Waals surface area contributed by atoms with Crippen molar-refractivity contribution >= 4 is 35.0 Å². The first kappa shape index (κ1) is 26.2. The Morgan fingerprint density at radius 3 is 2.49 bits per heavy atom. The number of carbonyl (C=O) groups is 2. The number of para-hydroxylation sites is 1. The van der Waals surface area contributed by atoms with Crippen molar-refractivity contribution in [2.75, 3.05) is 37.4 Å². The zero-order valence-corrected chi connectivity index (χ0v) is 21.5. The summed E-state index contributed by atoms with van der Waals surface area (Å²) >= 11 is 6.41. The van der Waals surface area contributed by atoms with Gasteiger partial charge in [0.25, 0.3) is 0 Å². The Labute approximate surface area is 211 Å². The first-order chi connectivity index (χ1) is 16.6. The van der Waals surface area contributed by atoms with E-state index in [2.05, 4.69) is 10.6 Å². The lowest BCUT2D eigenvalue weighted by Gasteiger charge is -2.22. The van der Waals surface area contributed by atoms with Crippen LogP contribution in [-0.2, 0) is 14.9 Å². The van der Waals surface area contributed by atoms with Crippen LogP contribution in [-0.4, -0.2) is 53.4 Å². The van der Waals surface area contributed by atoms with Crippen LogP contribution in [0.2, 0.25) is 5.02 Å². The first-order valence-corrected chi connectivity index (χ1v) is 11.7. The molecule has 0 unspecified atom stereocenters. The number of ether oxygens (including phenoxy) is 1. The van der Waals surface area contributed by atoms with E-state index in [1.807, 2.05) is 70.2 Å². The number of hydrogen-bond acceptors (Lipinski definition) is 4. The maximum absolute atomic E-state index is 13.1. The number of nitrogens with zero attached hydrogens (tertiary/aromatic N) is 3. The summed E-state index contributed by atoms with van der Waals surface area (Å²) in [6.07, 6.45) is 0. The molecule has 2 aromatic carbocycles. The predicted octanol–water partition coefficient (Wildman–Crippen LogP) is 5.25. The second kappa shape index (κ2) is 11.4. The number of halogens is 1. The molecule has 3 rings (SSSR count). The van der Waals surface area contributed by atoms with Crippen LogP contribution in [0.4, 0.5) is 16.3 Å². The van der Waals surface area contributed by atoms with Crippen LogP contribution in [0.25, 0.3) is 5.69 Å². The van der Waals surface area contributed by atoms with Gasteiger partial charge in [0.1, 0.15) is 12.4 Å². The third-order valence-corrected chi connectivity index (χ3v) is 5.60. The second-order valence-corrected chi connectivity index (χ2v) is 9.70. The highest BCUT2D eigenvalue weighted by atomic mass is 35.5. The average molecular weight is 498 g/mol. The smallest absolute Gasteiger partial charge is 0.322 e. The summed E-state index contributed by atoms with van der Waals surface area (Å²) in [4.78, 5) is 27.4. The summed E-state index contributed by atoms with van der Waals surface area (Å²) in [7, 11) is 1.55. The summed E-state index contributed by atoms with van der Waals surface area (Å²) in [5.74, 6) is 0.105. The van der Waals surface area contributed by atoms with Crippen LogP contribution in [0.15, 0.2) is 54.6 Å². The molecule has 0 spiro atoms. The minimum absolute atomic E-state index is 0.167. The molecule has 0 radical (unpaired) electrons. The van der Waals surface area contributed by atoms with Gasteiger partial charge in [-0.15, -0.1) is 0 Å². The van der Waals surface area contributed by atoms with Crippen molar-refractivity contribution < 1.29 is 14.3 Å². The lowest BCUT2D eigenvalue weighted by Crippen LogP contribution is -2.42. The summed E-state index contributed by atoms with van der Waals surface area (Å²) in [6, 6.07) is 16.2. The maximum Gasteiger partial charge on any atom is 0.322 e. The summed E-state index contributed by atoms with van der Waals surface area (Å²) in [5.41, 5.74) is 2.87. The lowest BCUT2D eigenvalue weighted by atomic mass is 9.92. The SMILES string of the molecule is COCCN(CC(=O)Nc1cc(C(C)(C)C)nn1-c1ccccc1Cl)C(=O)Nc1cccc(C)c1. The molecule has 0 aliphatic carbocycles. The standard InChI is InChI=1S/C26H32ClN5O3/c1-18-9-8-10-19(15-18)28-25(34)31(13-14-35-5)17-24(33)29-23-16-22(26(2,3)4)30-32(23)21-12-7-6-11-20(21)27/h6-12,15-16H,13-14,17H2,1-5H3,(H,28,34)(H,29,33). The Morgan fingerprint density at radius 1 is 1.09 bits per heavy atom. The number of anilines is 2. The number of urea groups is 1. The van der Waals surface area contributed by atoms with Crippen molar-refractivity contribution in [1.82, 2.24) is 14.7 Å². The van der Waals surface area contributed by atoms with Gasteiger partial charge >= 0.3 is 6.03 Å². The van der Waals surface area contributed by atoms with E-state index < -0.39 is 6.03 Å². The number of methoxy groups -OCH3 is 1. The number of aryl methyl sites for hydroxylation is 1. The monoisotopic (exact) mass is 497 g/mol. The molecule has 35 heavy (non-hydrogen) atoms. The molecule has 0 fully saturated rings. The number of nitrogens with one attached hydrogen (secondary N) is 2. The van der Waals surface area contributed by atoms with Gasteiger partial charge in [-0.25, -0.2) is 9.48 Å². The highest BCUT2D eigenvalue weighted by molar-refractivity contribution is 6.32. The maximum atomic E-state index is 13.1. The molecule has 0 aliphatic heterocycles. The van der Waals surface area contributed by atoms with Crippen LogP contribution < -0.4 is 10.6 Å². The van der Waals surface area contributed by atoms with E-state index in [0.29, 0.717) is 28.8 Å². The molecule has 0 aliphatic rings. The van der Waals surface area contributed by atoms with E-state index in [9.17, 15) is 9.59 Å². The summed E-state index contributed by atoms with van der Waals surface area (Å²) in [5, 5.41) is 11.0. The van der Waals surface area contributed by atoms with E-state index in [1.165, 1.54) is 4.90 Å². The minimum atomic E-state index is -0.391. The molecule has 0 bridgehead atoms. The van der Waals surface area contributed by atoms with Crippen molar-refractivity contribution in [3.8, 4) is 5.69 Å². The third kappa shape index (κ3) is 7.07. The van der Waals surface area contributed by atoms with Gasteiger partial charge < -0.3 is 20.3 Å². The fourth-order valence-electron chi connectivity index (χ4n) is 3.38. The molecular weight excluding hydrogens is 466 g/mol. The van der Waals surface area contributed by atoms with Crippen molar-refractivity contribution in [1.29, 1.82) is 0 Å². The third-order valence-electron chi connectivity index (χ3n) is 5.28. The highest BCUT2D eigenvalue weighted by Crippen LogP contribution is 2.29. The fraction of sp³-hybridized carbons (Fsp3) is 0.346. The molecule has 3 aromatic rings. The topological polar surface area (TPSA) is 88.5 Å². The average Bonchev–Trinajstić information content (AvgIpc) is 3.21. The van der Waals surface area contributed by atoms with E-state index in [-0.39, 0.29) is 24.4 Å². The van der Waals surface area contributed by atoms with Crippen molar-refractivity contribution in [3.63, 3.8) is 0 Å². The normalized spacial score (nSPS) is 11.3. The first-order valence-electron chi connectivity index (χ1n) is 11.4. The van der Waals surface area contributed by atoms with E-state index in [0.717, 1.165) is 11.3 Å². The summed E-state index contributed by atoms with van der Waals surface area (Å²) < 4.78 is 6.76. The van der Waals surface area contributed by atoms with Gasteiger partial charge in [-0.05, 0) is 36.8 Å². The van der Waals surface area contributed by atoms with Crippen LogP contribution >= 0.6 is 11.6 Å². The molecule has 1 heterocycles. The predicted molar refractivity (Wildman–Crippen MR) is 140 cm³/mol. The Kier molecular flexibility index (Phi) is 8.53. The molecule has 0 atom stereocenters. The van der Waals surface area contributed by atoms with Gasteiger partial charge in [-0.2, -0.15) is 5.10 Å². The van der Waals surface area contributed by atoms with E-state index >= 15 is 0 Å². The van der Waals surface area contributed by atoms with Gasteiger partial charge in [0, 0.05) is 30.8 Å². The van der Waals surface area contributed by atoms with Crippen molar-refractivity contribution in [2.45, 2.75) is 33.1 Å². The molecule has 2 N–H and O–H groups in total. The van der Waals surface area contributed by atoms with Crippen LogP contribution in [0.3, 0.4) is 0 Å². The van der Waals surface area contributed by atoms with Crippen LogP contribution in [0, 0.1) is 6.92 Å². The Hall–Kier alpha value is -3.36. The molecule has 0 saturated heterocycles. The number of hydrogen-bond donors (Lipinski definition) is 2. The molecule has 1 aromatic heterocycles. The number of carbonyl (C=O) groups excluding carboxylic acids is 2. The quantitative estimate of drug-likeness (QED) is 0.445. The second-order valence-electron chi connectivity index (χ2n) is 9.29. The van der Waals surface area contributed by atoms with Gasteiger partial charge in [-0.1, -0.05) is 56.6 Å². The lowest BCUT2D eigenvalue weighted by molar-refractivity contribution is -0.116. The summed E-state index contributed by atoms with van der Waals surface area (Å²) in [6.45, 7) is 8.44. The molecule has 3 amide bonds. The highest BCUT2D eigenvalue weighted by Gasteiger charge is 2.24. The van der Waals surface area contributed by atoms with Crippen molar-refractivity contribution in [2.24, 2.45) is 0 Å². The molecule has 0 saturated carbocycles. The molecule has 9 heteroatoms. The zero-order chi connectivity index (χ0) is 25.6. The van der Waals surface area contributed by atoms with Crippen molar-refractivity contribution in [3.05, 3.63) is 70.9 Å². The van der Waals surface area contributed by atoms with Gasteiger partial charge in [0.15, 0.2) is 0 Å². The van der Waals surface area contributed by atoms with Gasteiger partial charge in [0.2, 0.25) is 5.91 Å². The van der Waals surface area contributed by atoms with E-state index in [1.54, 1.807) is 23.9 Å². The molecule has 186 valence electrons. The van der Waals surface area contributed by atoms with E-state index in [4.69, 9.17) is 21.4 Å². The molecular formula is C26H32ClN5O3. The van der Waals surface area contributed by atoms with Gasteiger partial charge in [0.05, 0.1) is 23.0 Å². The fourth-order valence-corrected chi connectivity index (χ4v) is 3.59. The number of rotatable bonds is 8. The Bertz CT molecular complexity index is 1190. The zero-order valence-electron chi connectivity index (χ0n) is 20.8. The molecule has 8 nitrogen and oxygen atoms in total.